The van der Waals surface area contributed by atoms with E-state index in [0.29, 0.717) is 22.4 Å². The lowest BCUT2D eigenvalue weighted by atomic mass is 9.96. The van der Waals surface area contributed by atoms with Crippen molar-refractivity contribution in [2.75, 3.05) is 19.4 Å². The second-order valence-electron chi connectivity index (χ2n) is 7.14. The number of amides is 1. The summed E-state index contributed by atoms with van der Waals surface area (Å²) in [7, 11) is 3.37. The number of nitrogens with zero attached hydrogens (tertiary/aromatic N) is 1. The van der Waals surface area contributed by atoms with Gasteiger partial charge in [0, 0.05) is 42.5 Å². The van der Waals surface area contributed by atoms with E-state index in [4.69, 9.17) is 11.6 Å². The van der Waals surface area contributed by atoms with Gasteiger partial charge in [-0.2, -0.15) is 0 Å². The molecule has 0 aliphatic heterocycles. The monoisotopic (exact) mass is 443 g/mol. The van der Waals surface area contributed by atoms with Gasteiger partial charge in [-0.3, -0.25) is 15.0 Å². The van der Waals surface area contributed by atoms with Crippen LogP contribution in [0.4, 0.5) is 20.2 Å². The van der Waals surface area contributed by atoms with E-state index in [2.05, 4.69) is 10.7 Å². The molecule has 3 rings (SSSR count). The fourth-order valence-corrected chi connectivity index (χ4v) is 3.21. The molecule has 0 saturated heterocycles. The molecule has 5 nitrogen and oxygen atoms in total. The summed E-state index contributed by atoms with van der Waals surface area (Å²) in [4.78, 5) is 25.4. The number of carbonyl (C=O) groups is 2. The number of hydrogen-bond acceptors (Lipinski definition) is 4. The summed E-state index contributed by atoms with van der Waals surface area (Å²) in [6, 6.07) is 12.6. The van der Waals surface area contributed by atoms with Crippen LogP contribution in [0.3, 0.4) is 0 Å². The van der Waals surface area contributed by atoms with Crippen LogP contribution in [0.1, 0.15) is 31.8 Å². The Hall–Kier alpha value is -3.29. The van der Waals surface area contributed by atoms with Gasteiger partial charge in [0.15, 0.2) is 5.78 Å². The lowest BCUT2D eigenvalue weighted by Gasteiger charge is -2.14. The maximum Gasteiger partial charge on any atom is 0.265 e. The standard InChI is InChI=1S/C23H20ClF2N3O2/c1-13-4-5-14(23(31)28-29(2)3)10-18(13)22(30)17-8-7-16(12-19(17)24)27-21-9-6-15(25)11-20(21)26/h4-12,27H,1-3H3,(H,28,31). The molecule has 0 radical (unpaired) electrons. The van der Waals surface area contributed by atoms with Crippen molar-refractivity contribution in [1.29, 1.82) is 0 Å². The molecule has 8 heteroatoms. The highest BCUT2D eigenvalue weighted by atomic mass is 35.5. The minimum Gasteiger partial charge on any atom is -0.353 e. The lowest BCUT2D eigenvalue weighted by molar-refractivity contribution is 0.0857. The van der Waals surface area contributed by atoms with Crippen molar-refractivity contribution in [3.8, 4) is 0 Å². The number of hydrogen-bond donors (Lipinski definition) is 2. The quantitative estimate of drug-likeness (QED) is 0.410. The first kappa shape index (κ1) is 22.4. The van der Waals surface area contributed by atoms with Crippen LogP contribution >= 0.6 is 11.6 Å². The van der Waals surface area contributed by atoms with Gasteiger partial charge in [-0.15, -0.1) is 0 Å². The van der Waals surface area contributed by atoms with E-state index in [0.717, 1.165) is 12.1 Å². The Morgan fingerprint density at radius 1 is 0.935 bits per heavy atom. The molecule has 0 aliphatic rings. The second kappa shape index (κ2) is 9.24. The molecule has 0 atom stereocenters. The number of rotatable bonds is 6. The van der Waals surface area contributed by atoms with Crippen LogP contribution in [-0.2, 0) is 0 Å². The number of ketones is 1. The summed E-state index contributed by atoms with van der Waals surface area (Å²) in [5.41, 5.74) is 4.75. The molecule has 0 aromatic heterocycles. The van der Waals surface area contributed by atoms with Gasteiger partial charge in [0.1, 0.15) is 11.6 Å². The summed E-state index contributed by atoms with van der Waals surface area (Å²) in [5, 5.41) is 4.47. The van der Waals surface area contributed by atoms with E-state index in [1.165, 1.54) is 29.3 Å². The van der Waals surface area contributed by atoms with Gasteiger partial charge in [-0.1, -0.05) is 17.7 Å². The topological polar surface area (TPSA) is 61.4 Å². The van der Waals surface area contributed by atoms with Crippen molar-refractivity contribution in [1.82, 2.24) is 10.4 Å². The molecule has 0 unspecified atom stereocenters. The SMILES string of the molecule is Cc1ccc(C(=O)NN(C)C)cc1C(=O)c1ccc(Nc2ccc(F)cc2F)cc1Cl. The van der Waals surface area contributed by atoms with Crippen LogP contribution < -0.4 is 10.7 Å². The van der Waals surface area contributed by atoms with Crippen LogP contribution in [0.2, 0.25) is 5.02 Å². The third kappa shape index (κ3) is 5.25. The summed E-state index contributed by atoms with van der Waals surface area (Å²) < 4.78 is 26.9. The Morgan fingerprint density at radius 2 is 1.68 bits per heavy atom. The first-order valence-corrected chi connectivity index (χ1v) is 9.69. The maximum absolute atomic E-state index is 13.9. The van der Waals surface area contributed by atoms with Crippen LogP contribution in [0, 0.1) is 18.6 Å². The van der Waals surface area contributed by atoms with Gasteiger partial charge in [0.2, 0.25) is 0 Å². The minimum atomic E-state index is -0.750. The van der Waals surface area contributed by atoms with Crippen molar-refractivity contribution in [2.45, 2.75) is 6.92 Å². The number of benzene rings is 3. The van der Waals surface area contributed by atoms with Crippen LogP contribution in [-0.4, -0.2) is 30.8 Å². The van der Waals surface area contributed by atoms with E-state index in [1.54, 1.807) is 39.2 Å². The van der Waals surface area contributed by atoms with Gasteiger partial charge in [0.05, 0.1) is 10.7 Å². The van der Waals surface area contributed by atoms with Crippen LogP contribution in [0.15, 0.2) is 54.6 Å². The average molecular weight is 444 g/mol. The highest BCUT2D eigenvalue weighted by Crippen LogP contribution is 2.28. The number of nitrogens with one attached hydrogen (secondary N) is 2. The third-order valence-corrected chi connectivity index (χ3v) is 4.81. The highest BCUT2D eigenvalue weighted by Gasteiger charge is 2.18. The molecule has 0 saturated carbocycles. The van der Waals surface area contributed by atoms with Crippen molar-refractivity contribution in [3.63, 3.8) is 0 Å². The molecule has 3 aromatic carbocycles. The molecule has 0 bridgehead atoms. The first-order chi connectivity index (χ1) is 14.7. The van der Waals surface area contributed by atoms with E-state index >= 15 is 0 Å². The molecule has 31 heavy (non-hydrogen) atoms. The third-order valence-electron chi connectivity index (χ3n) is 4.49. The molecular weight excluding hydrogens is 424 g/mol. The summed E-state index contributed by atoms with van der Waals surface area (Å²) in [6.45, 7) is 1.77. The second-order valence-corrected chi connectivity index (χ2v) is 7.55. The first-order valence-electron chi connectivity index (χ1n) is 9.31. The van der Waals surface area contributed by atoms with Crippen molar-refractivity contribution >= 4 is 34.7 Å². The lowest BCUT2D eigenvalue weighted by Crippen LogP contribution is -2.36. The van der Waals surface area contributed by atoms with Gasteiger partial charge >= 0.3 is 0 Å². The zero-order valence-corrected chi connectivity index (χ0v) is 17.8. The molecule has 0 fully saturated rings. The Labute approximate surface area is 183 Å². The zero-order valence-electron chi connectivity index (χ0n) is 17.1. The number of aryl methyl sites for hydroxylation is 1. The van der Waals surface area contributed by atoms with Gasteiger partial charge in [-0.05, 0) is 55.0 Å². The summed E-state index contributed by atoms with van der Waals surface area (Å²) >= 11 is 6.33. The van der Waals surface area contributed by atoms with Crippen LogP contribution in [0.5, 0.6) is 0 Å². The highest BCUT2D eigenvalue weighted by molar-refractivity contribution is 6.35. The summed E-state index contributed by atoms with van der Waals surface area (Å²) in [5.74, 6) is -2.12. The van der Waals surface area contributed by atoms with Crippen molar-refractivity contribution in [2.24, 2.45) is 0 Å². The largest absolute Gasteiger partial charge is 0.353 e. The Kier molecular flexibility index (Phi) is 6.68. The van der Waals surface area contributed by atoms with Gasteiger partial charge in [0.25, 0.3) is 5.91 Å². The number of halogens is 3. The normalized spacial score (nSPS) is 10.8. The fraction of sp³-hybridized carbons (Fsp3) is 0.130. The zero-order chi connectivity index (χ0) is 22.7. The van der Waals surface area contributed by atoms with E-state index in [-0.39, 0.29) is 28.0 Å². The predicted molar refractivity (Wildman–Crippen MR) is 117 cm³/mol. The fourth-order valence-electron chi connectivity index (χ4n) is 2.94. The summed E-state index contributed by atoms with van der Waals surface area (Å²) in [6.07, 6.45) is 0. The smallest absolute Gasteiger partial charge is 0.265 e. The van der Waals surface area contributed by atoms with Gasteiger partial charge in [-0.25, -0.2) is 13.8 Å². The molecular formula is C23H20ClF2N3O2. The Bertz CT molecular complexity index is 1170. The van der Waals surface area contributed by atoms with Crippen LogP contribution in [0.25, 0.3) is 0 Å². The number of carbonyl (C=O) groups excluding carboxylic acids is 2. The molecule has 0 heterocycles. The molecule has 3 aromatic rings. The molecule has 2 N–H and O–H groups in total. The number of anilines is 2. The molecule has 1 amide bonds. The van der Waals surface area contributed by atoms with Crippen molar-refractivity contribution in [3.05, 3.63) is 93.5 Å². The van der Waals surface area contributed by atoms with E-state index in [9.17, 15) is 18.4 Å². The average Bonchev–Trinajstić information content (AvgIpc) is 2.69. The molecule has 0 spiro atoms. The van der Waals surface area contributed by atoms with E-state index in [1.807, 2.05) is 0 Å². The molecule has 160 valence electrons. The van der Waals surface area contributed by atoms with Crippen molar-refractivity contribution < 1.29 is 18.4 Å². The number of hydrazine groups is 1. The minimum absolute atomic E-state index is 0.0759. The Morgan fingerprint density at radius 3 is 2.32 bits per heavy atom. The maximum atomic E-state index is 13.9. The Balaban J connectivity index is 1.88. The van der Waals surface area contributed by atoms with E-state index < -0.39 is 11.6 Å². The van der Waals surface area contributed by atoms with Gasteiger partial charge < -0.3 is 5.32 Å². The molecule has 0 aliphatic carbocycles. The predicted octanol–water partition coefficient (Wildman–Crippen LogP) is 5.11.